The van der Waals surface area contributed by atoms with Crippen LogP contribution >= 0.6 is 0 Å². The molecule has 1 saturated heterocycles. The Kier molecular flexibility index (Phi) is 14.9. The maximum atomic E-state index is 13.3. The first-order chi connectivity index (χ1) is 17.4. The molecule has 2 heterocycles. The molecule has 1 aliphatic heterocycles. The summed E-state index contributed by atoms with van der Waals surface area (Å²) >= 11 is 0. The SMILES string of the molecule is CCOCCOCCOc1ccc(C[C@H](C(=O)OC(C)(C)C)N2CCNCCNCCNCC2)cn1. The number of carbonyl (C=O) groups is 1. The van der Waals surface area contributed by atoms with Gasteiger partial charge in [0.2, 0.25) is 5.88 Å². The zero-order valence-electron chi connectivity index (χ0n) is 22.6. The summed E-state index contributed by atoms with van der Waals surface area (Å²) in [5.41, 5.74) is 0.410. The fraction of sp³-hybridized carbons (Fsp3) is 0.769. The molecule has 36 heavy (non-hydrogen) atoms. The molecule has 10 heteroatoms. The largest absolute Gasteiger partial charge is 0.475 e. The summed E-state index contributed by atoms with van der Waals surface area (Å²) in [4.78, 5) is 19.9. The average Bonchev–Trinajstić information content (AvgIpc) is 2.82. The van der Waals surface area contributed by atoms with Crippen LogP contribution in [0, 0.1) is 0 Å². The van der Waals surface area contributed by atoms with E-state index in [0.29, 0.717) is 45.3 Å². The van der Waals surface area contributed by atoms with Crippen LogP contribution in [0.4, 0.5) is 0 Å². The molecule has 0 amide bonds. The second-order valence-corrected chi connectivity index (χ2v) is 9.70. The minimum Gasteiger partial charge on any atom is -0.475 e. The van der Waals surface area contributed by atoms with Crippen molar-refractivity contribution < 1.29 is 23.7 Å². The third-order valence-corrected chi connectivity index (χ3v) is 5.51. The first-order valence-corrected chi connectivity index (χ1v) is 13.2. The van der Waals surface area contributed by atoms with E-state index in [2.05, 4.69) is 25.8 Å². The van der Waals surface area contributed by atoms with Gasteiger partial charge in [-0.3, -0.25) is 9.69 Å². The van der Waals surface area contributed by atoms with E-state index in [1.807, 2.05) is 39.8 Å². The number of ether oxygens (including phenoxy) is 4. The maximum absolute atomic E-state index is 13.3. The molecule has 3 N–H and O–H groups in total. The average molecular weight is 510 g/mol. The van der Waals surface area contributed by atoms with Gasteiger partial charge < -0.3 is 34.9 Å². The molecule has 10 nitrogen and oxygen atoms in total. The molecular formula is C26H47N5O5. The predicted molar refractivity (Wildman–Crippen MR) is 141 cm³/mol. The number of hydrogen-bond donors (Lipinski definition) is 3. The number of hydrogen-bond acceptors (Lipinski definition) is 10. The standard InChI is InChI=1S/C26H47N5O5/c1-5-33-16-17-34-18-19-35-24-7-6-22(21-30-24)20-23(25(32)36-26(2,3)4)31-14-12-28-10-8-27-9-11-29-13-15-31/h6-7,21,23,27-29H,5,8-20H2,1-4H3/t23-/m1/s1. The van der Waals surface area contributed by atoms with E-state index in [1.54, 1.807) is 6.20 Å². The summed E-state index contributed by atoms with van der Waals surface area (Å²) in [6.07, 6.45) is 2.30. The van der Waals surface area contributed by atoms with Gasteiger partial charge >= 0.3 is 5.97 Å². The fourth-order valence-electron chi connectivity index (χ4n) is 3.74. The molecule has 206 valence electrons. The van der Waals surface area contributed by atoms with Crippen LogP contribution in [0.3, 0.4) is 0 Å². The normalized spacial score (nSPS) is 17.6. The van der Waals surface area contributed by atoms with Gasteiger partial charge in [-0.2, -0.15) is 0 Å². The Labute approximate surface area is 216 Å². The number of nitrogens with zero attached hydrogens (tertiary/aromatic N) is 2. The molecular weight excluding hydrogens is 462 g/mol. The van der Waals surface area contributed by atoms with Gasteiger partial charge in [0.05, 0.1) is 19.8 Å². The minimum atomic E-state index is -0.551. The van der Waals surface area contributed by atoms with Crippen molar-refractivity contribution in [2.75, 3.05) is 85.4 Å². The Balaban J connectivity index is 1.98. The van der Waals surface area contributed by atoms with Gasteiger partial charge in [0.25, 0.3) is 0 Å². The van der Waals surface area contributed by atoms with Gasteiger partial charge in [-0.1, -0.05) is 6.07 Å². The molecule has 2 rings (SSSR count). The van der Waals surface area contributed by atoms with E-state index in [1.165, 1.54) is 0 Å². The van der Waals surface area contributed by atoms with E-state index in [-0.39, 0.29) is 5.97 Å². The lowest BCUT2D eigenvalue weighted by Gasteiger charge is -2.33. The van der Waals surface area contributed by atoms with Crippen LogP contribution in [-0.2, 0) is 25.4 Å². The maximum Gasteiger partial charge on any atom is 0.324 e. The highest BCUT2D eigenvalue weighted by atomic mass is 16.6. The lowest BCUT2D eigenvalue weighted by molar-refractivity contribution is -0.161. The van der Waals surface area contributed by atoms with Crippen LogP contribution < -0.4 is 20.7 Å². The topological polar surface area (TPSA) is 106 Å². The monoisotopic (exact) mass is 509 g/mol. The number of aromatic nitrogens is 1. The minimum absolute atomic E-state index is 0.208. The molecule has 1 aromatic rings. The molecule has 0 unspecified atom stereocenters. The first-order valence-electron chi connectivity index (χ1n) is 13.2. The van der Waals surface area contributed by atoms with Crippen LogP contribution in [-0.4, -0.2) is 113 Å². The van der Waals surface area contributed by atoms with E-state index >= 15 is 0 Å². The number of rotatable bonds is 12. The van der Waals surface area contributed by atoms with Crippen molar-refractivity contribution in [1.82, 2.24) is 25.8 Å². The van der Waals surface area contributed by atoms with Crippen molar-refractivity contribution in [2.24, 2.45) is 0 Å². The highest BCUT2D eigenvalue weighted by molar-refractivity contribution is 5.76. The zero-order valence-corrected chi connectivity index (χ0v) is 22.6. The second kappa shape index (κ2) is 17.6. The summed E-state index contributed by atoms with van der Waals surface area (Å²) in [7, 11) is 0. The lowest BCUT2D eigenvalue weighted by atomic mass is 10.1. The van der Waals surface area contributed by atoms with Gasteiger partial charge in [-0.25, -0.2) is 4.98 Å². The highest BCUT2D eigenvalue weighted by Gasteiger charge is 2.30. The van der Waals surface area contributed by atoms with Gasteiger partial charge in [-0.15, -0.1) is 0 Å². The summed E-state index contributed by atoms with van der Waals surface area (Å²) < 4.78 is 22.2. The Bertz CT molecular complexity index is 702. The molecule has 1 aromatic heterocycles. The van der Waals surface area contributed by atoms with Crippen LogP contribution in [0.15, 0.2) is 18.3 Å². The number of esters is 1. The summed E-state index contributed by atoms with van der Waals surface area (Å²) in [5, 5.41) is 10.3. The highest BCUT2D eigenvalue weighted by Crippen LogP contribution is 2.17. The fourth-order valence-corrected chi connectivity index (χ4v) is 3.74. The van der Waals surface area contributed by atoms with Crippen LogP contribution in [0.5, 0.6) is 5.88 Å². The van der Waals surface area contributed by atoms with Crippen molar-refractivity contribution in [3.8, 4) is 5.88 Å². The van der Waals surface area contributed by atoms with E-state index in [9.17, 15) is 4.79 Å². The van der Waals surface area contributed by atoms with E-state index in [4.69, 9.17) is 18.9 Å². The van der Waals surface area contributed by atoms with Crippen molar-refractivity contribution in [2.45, 2.75) is 45.8 Å². The Hall–Kier alpha value is -1.82. The molecule has 0 saturated carbocycles. The molecule has 1 fully saturated rings. The summed E-state index contributed by atoms with van der Waals surface area (Å²) in [5.74, 6) is 0.329. The van der Waals surface area contributed by atoms with Gasteiger partial charge in [0.1, 0.15) is 18.2 Å². The van der Waals surface area contributed by atoms with Crippen molar-refractivity contribution >= 4 is 5.97 Å². The van der Waals surface area contributed by atoms with Crippen molar-refractivity contribution in [3.63, 3.8) is 0 Å². The van der Waals surface area contributed by atoms with Crippen LogP contribution in [0.25, 0.3) is 0 Å². The van der Waals surface area contributed by atoms with E-state index < -0.39 is 11.6 Å². The van der Waals surface area contributed by atoms with Gasteiger partial charge in [-0.05, 0) is 33.3 Å². The van der Waals surface area contributed by atoms with Crippen molar-refractivity contribution in [3.05, 3.63) is 23.9 Å². The lowest BCUT2D eigenvalue weighted by Crippen LogP contribution is -2.51. The Morgan fingerprint density at radius 1 is 0.944 bits per heavy atom. The molecule has 0 aromatic carbocycles. The van der Waals surface area contributed by atoms with Crippen LogP contribution in [0.1, 0.15) is 33.3 Å². The number of pyridine rings is 1. The second-order valence-electron chi connectivity index (χ2n) is 9.70. The van der Waals surface area contributed by atoms with Gasteiger partial charge in [0, 0.05) is 77.6 Å². The smallest absolute Gasteiger partial charge is 0.324 e. The van der Waals surface area contributed by atoms with Crippen LogP contribution in [0.2, 0.25) is 0 Å². The number of carbonyl (C=O) groups excluding carboxylic acids is 1. The molecule has 0 spiro atoms. The predicted octanol–water partition coefficient (Wildman–Crippen LogP) is 0.851. The number of nitrogens with one attached hydrogen (secondary N) is 3. The Morgan fingerprint density at radius 3 is 2.14 bits per heavy atom. The molecule has 0 aliphatic carbocycles. The molecule has 0 radical (unpaired) electrons. The quantitative estimate of drug-likeness (QED) is 0.277. The third-order valence-electron chi connectivity index (χ3n) is 5.51. The summed E-state index contributed by atoms with van der Waals surface area (Å²) in [6.45, 7) is 17.2. The molecule has 0 bridgehead atoms. The zero-order chi connectivity index (χ0) is 26.1. The third kappa shape index (κ3) is 13.5. The molecule has 1 atom stereocenters. The Morgan fingerprint density at radius 2 is 1.56 bits per heavy atom. The summed E-state index contributed by atoms with van der Waals surface area (Å²) in [6, 6.07) is 3.41. The van der Waals surface area contributed by atoms with Gasteiger partial charge in [0.15, 0.2) is 0 Å². The molecule has 1 aliphatic rings. The first kappa shape index (κ1) is 30.4. The van der Waals surface area contributed by atoms with Crippen molar-refractivity contribution in [1.29, 1.82) is 0 Å². The van der Waals surface area contributed by atoms with E-state index in [0.717, 1.165) is 57.9 Å².